The SMILES string of the molecule is CC1=CC=C(n2cccn2)CC=C1. The average molecular weight is 172 g/mol. The van der Waals surface area contributed by atoms with E-state index in [1.54, 1.807) is 6.20 Å². The van der Waals surface area contributed by atoms with Crippen LogP contribution in [0.15, 0.2) is 48.3 Å². The van der Waals surface area contributed by atoms with Crippen LogP contribution in [0.1, 0.15) is 13.3 Å². The van der Waals surface area contributed by atoms with Crippen molar-refractivity contribution in [1.29, 1.82) is 0 Å². The van der Waals surface area contributed by atoms with Gasteiger partial charge >= 0.3 is 0 Å². The van der Waals surface area contributed by atoms with Crippen LogP contribution in [-0.2, 0) is 0 Å². The largest absolute Gasteiger partial charge is 0.245 e. The second kappa shape index (κ2) is 3.44. The Hall–Kier alpha value is -1.57. The third-order valence-electron chi connectivity index (χ3n) is 2.05. The third-order valence-corrected chi connectivity index (χ3v) is 2.05. The van der Waals surface area contributed by atoms with E-state index in [4.69, 9.17) is 0 Å². The molecule has 1 aliphatic carbocycles. The lowest BCUT2D eigenvalue weighted by Crippen LogP contribution is -1.95. The number of nitrogens with zero attached hydrogens (tertiary/aromatic N) is 2. The number of hydrogen-bond donors (Lipinski definition) is 0. The summed E-state index contributed by atoms with van der Waals surface area (Å²) in [6.07, 6.45) is 13.2. The summed E-state index contributed by atoms with van der Waals surface area (Å²) in [4.78, 5) is 0. The van der Waals surface area contributed by atoms with Crippen LogP contribution in [0.2, 0.25) is 0 Å². The number of allylic oxidation sites excluding steroid dienone is 6. The fraction of sp³-hybridized carbons (Fsp3) is 0.182. The highest BCUT2D eigenvalue weighted by Gasteiger charge is 1.99. The summed E-state index contributed by atoms with van der Waals surface area (Å²) in [6.45, 7) is 2.10. The minimum Gasteiger partial charge on any atom is -0.245 e. The zero-order chi connectivity index (χ0) is 9.10. The first-order chi connectivity index (χ1) is 6.36. The number of rotatable bonds is 1. The molecular formula is C11H12N2. The second-order valence-corrected chi connectivity index (χ2v) is 3.13. The van der Waals surface area contributed by atoms with Gasteiger partial charge in [0.2, 0.25) is 0 Å². The fourth-order valence-corrected chi connectivity index (χ4v) is 1.33. The van der Waals surface area contributed by atoms with Gasteiger partial charge in [-0.05, 0) is 19.1 Å². The van der Waals surface area contributed by atoms with Crippen molar-refractivity contribution in [2.45, 2.75) is 13.3 Å². The van der Waals surface area contributed by atoms with E-state index < -0.39 is 0 Å². The highest BCUT2D eigenvalue weighted by molar-refractivity contribution is 5.51. The Kier molecular flexibility index (Phi) is 2.13. The molecule has 1 heterocycles. The topological polar surface area (TPSA) is 17.8 Å². The van der Waals surface area contributed by atoms with E-state index in [1.165, 1.54) is 11.3 Å². The summed E-state index contributed by atoms with van der Waals surface area (Å²) in [7, 11) is 0. The molecule has 0 radical (unpaired) electrons. The van der Waals surface area contributed by atoms with Crippen LogP contribution in [0.5, 0.6) is 0 Å². The van der Waals surface area contributed by atoms with Crippen molar-refractivity contribution < 1.29 is 0 Å². The first kappa shape index (κ1) is 8.05. The Morgan fingerprint density at radius 1 is 1.38 bits per heavy atom. The van der Waals surface area contributed by atoms with Gasteiger partial charge in [-0.25, -0.2) is 4.68 Å². The molecular weight excluding hydrogens is 160 g/mol. The van der Waals surface area contributed by atoms with Crippen molar-refractivity contribution in [3.8, 4) is 0 Å². The predicted octanol–water partition coefficient (Wildman–Crippen LogP) is 2.63. The van der Waals surface area contributed by atoms with Crippen LogP contribution in [-0.4, -0.2) is 9.78 Å². The summed E-state index contributed by atoms with van der Waals surface area (Å²) in [5.41, 5.74) is 2.49. The molecule has 2 nitrogen and oxygen atoms in total. The molecule has 0 N–H and O–H groups in total. The van der Waals surface area contributed by atoms with Gasteiger partial charge in [0, 0.05) is 24.5 Å². The Balaban J connectivity index is 2.31. The van der Waals surface area contributed by atoms with E-state index in [9.17, 15) is 0 Å². The van der Waals surface area contributed by atoms with E-state index in [2.05, 4.69) is 36.3 Å². The van der Waals surface area contributed by atoms with Crippen molar-refractivity contribution >= 4 is 5.70 Å². The maximum atomic E-state index is 4.19. The van der Waals surface area contributed by atoms with Crippen molar-refractivity contribution in [2.75, 3.05) is 0 Å². The number of aromatic nitrogens is 2. The minimum absolute atomic E-state index is 0.940. The van der Waals surface area contributed by atoms with Crippen LogP contribution in [0.25, 0.3) is 5.70 Å². The van der Waals surface area contributed by atoms with Gasteiger partial charge in [0.1, 0.15) is 0 Å². The molecule has 2 rings (SSSR count). The molecule has 0 saturated heterocycles. The maximum absolute atomic E-state index is 4.19. The molecule has 2 heteroatoms. The summed E-state index contributed by atoms with van der Waals surface area (Å²) in [6, 6.07) is 1.94. The van der Waals surface area contributed by atoms with E-state index in [0.29, 0.717) is 0 Å². The quantitative estimate of drug-likeness (QED) is 0.636. The van der Waals surface area contributed by atoms with Crippen LogP contribution in [0.3, 0.4) is 0 Å². The van der Waals surface area contributed by atoms with Gasteiger partial charge in [-0.3, -0.25) is 0 Å². The van der Waals surface area contributed by atoms with Gasteiger partial charge in [-0.2, -0.15) is 5.10 Å². The Labute approximate surface area is 77.9 Å². The highest BCUT2D eigenvalue weighted by atomic mass is 15.3. The monoisotopic (exact) mass is 172 g/mol. The van der Waals surface area contributed by atoms with Crippen molar-refractivity contribution in [1.82, 2.24) is 9.78 Å². The Bertz CT molecular complexity index is 367. The lowest BCUT2D eigenvalue weighted by Gasteiger charge is -2.01. The molecule has 0 saturated carbocycles. The lowest BCUT2D eigenvalue weighted by molar-refractivity contribution is 0.879. The Morgan fingerprint density at radius 3 is 3.08 bits per heavy atom. The van der Waals surface area contributed by atoms with Crippen molar-refractivity contribution in [2.24, 2.45) is 0 Å². The fourth-order valence-electron chi connectivity index (χ4n) is 1.33. The van der Waals surface area contributed by atoms with E-state index in [-0.39, 0.29) is 0 Å². The van der Waals surface area contributed by atoms with E-state index >= 15 is 0 Å². The molecule has 0 spiro atoms. The molecule has 0 atom stereocenters. The second-order valence-electron chi connectivity index (χ2n) is 3.13. The molecule has 1 aromatic heterocycles. The maximum Gasteiger partial charge on any atom is 0.0493 e. The molecule has 0 aliphatic heterocycles. The van der Waals surface area contributed by atoms with Gasteiger partial charge in [0.25, 0.3) is 0 Å². The lowest BCUT2D eigenvalue weighted by atomic mass is 10.3. The molecule has 0 unspecified atom stereocenters. The minimum atomic E-state index is 0.940. The zero-order valence-corrected chi connectivity index (χ0v) is 7.64. The van der Waals surface area contributed by atoms with E-state index in [0.717, 1.165) is 6.42 Å². The zero-order valence-electron chi connectivity index (χ0n) is 7.64. The summed E-state index contributed by atoms with van der Waals surface area (Å²) >= 11 is 0. The smallest absolute Gasteiger partial charge is 0.0493 e. The van der Waals surface area contributed by atoms with Crippen LogP contribution in [0.4, 0.5) is 0 Å². The molecule has 1 aliphatic rings. The molecule has 66 valence electrons. The summed E-state index contributed by atoms with van der Waals surface area (Å²) in [5.74, 6) is 0. The van der Waals surface area contributed by atoms with Crippen molar-refractivity contribution in [3.63, 3.8) is 0 Å². The molecule has 0 bridgehead atoms. The van der Waals surface area contributed by atoms with Crippen LogP contribution >= 0.6 is 0 Å². The van der Waals surface area contributed by atoms with Gasteiger partial charge in [-0.15, -0.1) is 0 Å². The van der Waals surface area contributed by atoms with Gasteiger partial charge in [0.05, 0.1) is 0 Å². The number of hydrogen-bond acceptors (Lipinski definition) is 1. The Morgan fingerprint density at radius 2 is 2.31 bits per heavy atom. The van der Waals surface area contributed by atoms with E-state index in [1.807, 2.05) is 16.9 Å². The molecule has 1 aromatic rings. The van der Waals surface area contributed by atoms with Gasteiger partial charge < -0.3 is 0 Å². The predicted molar refractivity (Wildman–Crippen MR) is 54.0 cm³/mol. The molecule has 0 aromatic carbocycles. The average Bonchev–Trinajstić information content (AvgIpc) is 2.56. The standard InChI is InChI=1S/C11H12N2/c1-10-4-2-5-11(7-6-10)13-9-3-8-12-13/h2-4,6-9H,5H2,1H3. The molecule has 0 fully saturated rings. The first-order valence-electron chi connectivity index (χ1n) is 4.40. The normalized spacial score (nSPS) is 16.4. The first-order valence-corrected chi connectivity index (χ1v) is 4.40. The summed E-state index contributed by atoms with van der Waals surface area (Å²) < 4.78 is 1.90. The van der Waals surface area contributed by atoms with Gasteiger partial charge in [0.15, 0.2) is 0 Å². The molecule has 0 amide bonds. The van der Waals surface area contributed by atoms with Crippen molar-refractivity contribution in [3.05, 3.63) is 48.3 Å². The van der Waals surface area contributed by atoms with Crippen LogP contribution in [0, 0.1) is 0 Å². The molecule has 13 heavy (non-hydrogen) atoms. The summed E-state index contributed by atoms with van der Waals surface area (Å²) in [5, 5.41) is 4.19. The van der Waals surface area contributed by atoms with Gasteiger partial charge in [-0.1, -0.05) is 23.8 Å². The van der Waals surface area contributed by atoms with Crippen LogP contribution < -0.4 is 0 Å². The highest BCUT2D eigenvalue weighted by Crippen LogP contribution is 2.14. The third kappa shape index (κ3) is 1.78.